The smallest absolute Gasteiger partial charge is 0.254 e. The van der Waals surface area contributed by atoms with Crippen LogP contribution >= 0.6 is 11.8 Å². The number of fused-ring (bicyclic) bond motifs is 1. The number of nitrogens with zero attached hydrogens (tertiary/aromatic N) is 2. The van der Waals surface area contributed by atoms with Crippen LogP contribution in [-0.4, -0.2) is 27.3 Å². The van der Waals surface area contributed by atoms with E-state index < -0.39 is 0 Å². The second-order valence-electron chi connectivity index (χ2n) is 8.56. The first-order chi connectivity index (χ1) is 13.2. The standard InChI is InChI=1S/C22H29N3O2S/c1-15(10-11-16-8-6-5-7-9-16)23-20(27)17-13-25-19(26)12-18(22(2,3)4)24-21(25)28-14-17/h5-9,12,15,17H,10-11,13-14H2,1-4H3,(H,23,27)/t15-,17+/m1/s1. The van der Waals surface area contributed by atoms with Crippen molar-refractivity contribution in [1.29, 1.82) is 0 Å². The summed E-state index contributed by atoms with van der Waals surface area (Å²) in [6, 6.07) is 12.0. The summed E-state index contributed by atoms with van der Waals surface area (Å²) in [5, 5.41) is 3.84. The van der Waals surface area contributed by atoms with Crippen molar-refractivity contribution in [2.75, 3.05) is 5.75 Å². The summed E-state index contributed by atoms with van der Waals surface area (Å²) in [4.78, 5) is 29.9. The van der Waals surface area contributed by atoms with Crippen LogP contribution in [0, 0.1) is 5.92 Å². The summed E-state index contributed by atoms with van der Waals surface area (Å²) in [5.41, 5.74) is 1.83. The molecule has 1 N–H and O–H groups in total. The lowest BCUT2D eigenvalue weighted by molar-refractivity contribution is -0.125. The third kappa shape index (κ3) is 5.04. The molecule has 150 valence electrons. The molecule has 5 nitrogen and oxygen atoms in total. The second kappa shape index (κ2) is 8.52. The number of amides is 1. The highest BCUT2D eigenvalue weighted by Crippen LogP contribution is 2.28. The Hall–Kier alpha value is -2.08. The summed E-state index contributed by atoms with van der Waals surface area (Å²) in [6.45, 7) is 8.58. The van der Waals surface area contributed by atoms with Gasteiger partial charge in [-0.2, -0.15) is 0 Å². The molecular formula is C22H29N3O2S. The largest absolute Gasteiger partial charge is 0.353 e. The van der Waals surface area contributed by atoms with Crippen molar-refractivity contribution in [3.8, 4) is 0 Å². The average Bonchev–Trinajstić information content (AvgIpc) is 2.66. The van der Waals surface area contributed by atoms with E-state index in [0.717, 1.165) is 23.7 Å². The van der Waals surface area contributed by atoms with Gasteiger partial charge in [-0.1, -0.05) is 62.9 Å². The molecule has 0 unspecified atom stereocenters. The zero-order chi connectivity index (χ0) is 20.3. The van der Waals surface area contributed by atoms with Gasteiger partial charge in [0.25, 0.3) is 5.56 Å². The fourth-order valence-electron chi connectivity index (χ4n) is 3.21. The molecule has 2 heterocycles. The van der Waals surface area contributed by atoms with Crippen molar-refractivity contribution in [3.05, 3.63) is 58.0 Å². The summed E-state index contributed by atoms with van der Waals surface area (Å²) < 4.78 is 1.64. The molecule has 3 rings (SSSR count). The van der Waals surface area contributed by atoms with E-state index in [2.05, 4.69) is 22.4 Å². The zero-order valence-electron chi connectivity index (χ0n) is 17.1. The summed E-state index contributed by atoms with van der Waals surface area (Å²) in [7, 11) is 0. The minimum atomic E-state index is -0.211. The van der Waals surface area contributed by atoms with E-state index in [9.17, 15) is 9.59 Å². The van der Waals surface area contributed by atoms with E-state index in [4.69, 9.17) is 0 Å². The lowest BCUT2D eigenvalue weighted by atomic mass is 9.92. The fourth-order valence-corrected chi connectivity index (χ4v) is 4.31. The van der Waals surface area contributed by atoms with E-state index >= 15 is 0 Å². The van der Waals surface area contributed by atoms with Crippen LogP contribution in [0.2, 0.25) is 0 Å². The third-order valence-electron chi connectivity index (χ3n) is 5.03. The van der Waals surface area contributed by atoms with Gasteiger partial charge in [-0.15, -0.1) is 0 Å². The summed E-state index contributed by atoms with van der Waals surface area (Å²) >= 11 is 1.50. The molecule has 0 saturated heterocycles. The molecule has 6 heteroatoms. The van der Waals surface area contributed by atoms with Crippen LogP contribution in [0.1, 0.15) is 45.4 Å². The van der Waals surface area contributed by atoms with Crippen molar-refractivity contribution in [1.82, 2.24) is 14.9 Å². The van der Waals surface area contributed by atoms with Crippen molar-refractivity contribution in [2.45, 2.75) is 63.7 Å². The van der Waals surface area contributed by atoms with Crippen LogP contribution in [0.25, 0.3) is 0 Å². The van der Waals surface area contributed by atoms with Crippen molar-refractivity contribution < 1.29 is 4.79 Å². The van der Waals surface area contributed by atoms with E-state index in [1.165, 1.54) is 17.3 Å². The van der Waals surface area contributed by atoms with Gasteiger partial charge in [0.15, 0.2) is 5.16 Å². The third-order valence-corrected chi connectivity index (χ3v) is 6.17. The summed E-state index contributed by atoms with van der Waals surface area (Å²) in [6.07, 6.45) is 1.83. The SMILES string of the molecule is C[C@H](CCc1ccccc1)NC(=O)[C@@H]1CSc2nc(C(C)(C)C)cc(=O)n2C1. The predicted molar refractivity (Wildman–Crippen MR) is 114 cm³/mol. The van der Waals surface area contributed by atoms with E-state index in [1.807, 2.05) is 45.9 Å². The topological polar surface area (TPSA) is 64.0 Å². The van der Waals surface area contributed by atoms with Gasteiger partial charge in [0.2, 0.25) is 5.91 Å². The monoisotopic (exact) mass is 399 g/mol. The molecule has 0 saturated carbocycles. The zero-order valence-corrected chi connectivity index (χ0v) is 17.9. The Kier molecular flexibility index (Phi) is 6.28. The van der Waals surface area contributed by atoms with Crippen LogP contribution in [0.4, 0.5) is 0 Å². The maximum Gasteiger partial charge on any atom is 0.254 e. The lowest BCUT2D eigenvalue weighted by Crippen LogP contribution is -2.43. The molecule has 1 aliphatic rings. The van der Waals surface area contributed by atoms with E-state index in [1.54, 1.807) is 10.6 Å². The number of hydrogen-bond donors (Lipinski definition) is 1. The van der Waals surface area contributed by atoms with Crippen molar-refractivity contribution in [3.63, 3.8) is 0 Å². The molecular weight excluding hydrogens is 370 g/mol. The van der Waals surface area contributed by atoms with Crippen LogP contribution < -0.4 is 10.9 Å². The van der Waals surface area contributed by atoms with Gasteiger partial charge in [-0.3, -0.25) is 14.2 Å². The molecule has 2 atom stereocenters. The number of thioether (sulfide) groups is 1. The number of hydrogen-bond acceptors (Lipinski definition) is 4. The van der Waals surface area contributed by atoms with Crippen molar-refractivity contribution >= 4 is 17.7 Å². The molecule has 1 aromatic heterocycles. The maximum absolute atomic E-state index is 12.7. The van der Waals surface area contributed by atoms with Gasteiger partial charge in [-0.25, -0.2) is 4.98 Å². The Morgan fingerprint density at radius 2 is 2.04 bits per heavy atom. The quantitative estimate of drug-likeness (QED) is 0.783. The average molecular weight is 400 g/mol. The Morgan fingerprint density at radius 3 is 2.71 bits per heavy atom. The molecule has 0 spiro atoms. The minimum Gasteiger partial charge on any atom is -0.353 e. The van der Waals surface area contributed by atoms with Gasteiger partial charge in [-0.05, 0) is 25.3 Å². The highest BCUT2D eigenvalue weighted by molar-refractivity contribution is 7.99. The van der Waals surface area contributed by atoms with Crippen LogP contribution in [0.3, 0.4) is 0 Å². The normalized spacial score (nSPS) is 17.6. The number of benzene rings is 1. The molecule has 0 bridgehead atoms. The number of carbonyl (C=O) groups is 1. The van der Waals surface area contributed by atoms with Gasteiger partial charge in [0.05, 0.1) is 11.6 Å². The first kappa shape index (κ1) is 20.6. The van der Waals surface area contributed by atoms with Crippen LogP contribution in [0.5, 0.6) is 0 Å². The number of rotatable bonds is 5. The van der Waals surface area contributed by atoms with Gasteiger partial charge < -0.3 is 5.32 Å². The molecule has 2 aromatic rings. The summed E-state index contributed by atoms with van der Waals surface area (Å²) in [5.74, 6) is 0.458. The molecule has 1 aliphatic heterocycles. The minimum absolute atomic E-state index is 0.0190. The van der Waals surface area contributed by atoms with E-state index in [0.29, 0.717) is 12.3 Å². The molecule has 1 aromatic carbocycles. The highest BCUT2D eigenvalue weighted by atomic mass is 32.2. The predicted octanol–water partition coefficient (Wildman–Crippen LogP) is 3.40. The first-order valence-corrected chi connectivity index (χ1v) is 10.8. The van der Waals surface area contributed by atoms with Gasteiger partial charge >= 0.3 is 0 Å². The van der Waals surface area contributed by atoms with Gasteiger partial charge in [0, 0.05) is 29.8 Å². The number of aromatic nitrogens is 2. The maximum atomic E-state index is 12.7. The Balaban J connectivity index is 1.60. The molecule has 28 heavy (non-hydrogen) atoms. The van der Waals surface area contributed by atoms with Crippen molar-refractivity contribution in [2.24, 2.45) is 5.92 Å². The molecule has 0 radical (unpaired) electrons. The first-order valence-electron chi connectivity index (χ1n) is 9.83. The number of aryl methyl sites for hydroxylation is 1. The van der Waals surface area contributed by atoms with E-state index in [-0.39, 0.29) is 28.8 Å². The number of carbonyl (C=O) groups excluding carboxylic acids is 1. The second-order valence-corrected chi connectivity index (χ2v) is 9.55. The van der Waals surface area contributed by atoms with Crippen LogP contribution in [0.15, 0.2) is 46.3 Å². The molecule has 0 fully saturated rings. The Bertz CT molecular complexity index is 887. The van der Waals surface area contributed by atoms with Gasteiger partial charge in [0.1, 0.15) is 0 Å². The lowest BCUT2D eigenvalue weighted by Gasteiger charge is -2.27. The highest BCUT2D eigenvalue weighted by Gasteiger charge is 2.29. The Labute approximate surface area is 171 Å². The van der Waals surface area contributed by atoms with Crippen LogP contribution in [-0.2, 0) is 23.2 Å². The molecule has 1 amide bonds. The molecule has 0 aliphatic carbocycles. The number of nitrogens with one attached hydrogen (secondary N) is 1. The fraction of sp³-hybridized carbons (Fsp3) is 0.500. The Morgan fingerprint density at radius 1 is 1.32 bits per heavy atom.